The van der Waals surface area contributed by atoms with E-state index in [9.17, 15) is 8.78 Å². The molecule has 0 radical (unpaired) electrons. The highest BCUT2D eigenvalue weighted by Crippen LogP contribution is 2.06. The predicted octanol–water partition coefficient (Wildman–Crippen LogP) is 2.56. The van der Waals surface area contributed by atoms with Crippen LogP contribution in [0.4, 0.5) is 8.78 Å². The fraction of sp³-hybridized carbons (Fsp3) is 1.00. The first-order valence-corrected chi connectivity index (χ1v) is 5.77. The van der Waals surface area contributed by atoms with Gasteiger partial charge in [0.25, 0.3) is 6.43 Å². The largest absolute Gasteiger partial charge is 0.386 e. The van der Waals surface area contributed by atoms with Crippen molar-refractivity contribution in [1.82, 2.24) is 5.32 Å². The predicted molar refractivity (Wildman–Crippen MR) is 58.2 cm³/mol. The van der Waals surface area contributed by atoms with Gasteiger partial charge in [-0.15, -0.1) is 0 Å². The van der Waals surface area contributed by atoms with Crippen molar-refractivity contribution in [2.24, 2.45) is 0 Å². The second-order valence-corrected chi connectivity index (χ2v) is 4.06. The van der Waals surface area contributed by atoms with Crippen LogP contribution in [-0.2, 0) is 0 Å². The number of hydrogen-bond acceptors (Lipinski definition) is 2. The Bertz CT molecular complexity index is 145. The van der Waals surface area contributed by atoms with Gasteiger partial charge in [0.05, 0.1) is 0 Å². The van der Waals surface area contributed by atoms with Crippen LogP contribution in [0.1, 0.15) is 46.0 Å². The molecule has 0 aromatic heterocycles. The Hall–Kier alpha value is -0.220. The van der Waals surface area contributed by atoms with Gasteiger partial charge in [-0.2, -0.15) is 0 Å². The van der Waals surface area contributed by atoms with Crippen molar-refractivity contribution in [2.45, 2.75) is 64.5 Å². The molecule has 92 valence electrons. The molecule has 2 N–H and O–H groups in total. The molecule has 0 saturated carbocycles. The molecular formula is C11H23F2NO. The van der Waals surface area contributed by atoms with E-state index in [0.29, 0.717) is 0 Å². The molecule has 0 amide bonds. The summed E-state index contributed by atoms with van der Waals surface area (Å²) in [7, 11) is 0. The van der Waals surface area contributed by atoms with Crippen LogP contribution in [0.2, 0.25) is 0 Å². The molecule has 0 heterocycles. The first-order valence-electron chi connectivity index (χ1n) is 5.77. The standard InChI is InChI=1S/C11H23F2NO/c1-3-4-5-6-7-9(2)14-8-10(15)11(12)13/h9-11,14-15H,3-8H2,1-2H3. The monoisotopic (exact) mass is 223 g/mol. The molecular weight excluding hydrogens is 200 g/mol. The lowest BCUT2D eigenvalue weighted by molar-refractivity contribution is -0.00448. The van der Waals surface area contributed by atoms with Gasteiger partial charge in [-0.05, 0) is 13.3 Å². The summed E-state index contributed by atoms with van der Waals surface area (Å²) in [6.45, 7) is 4.09. The molecule has 2 nitrogen and oxygen atoms in total. The number of hydrogen-bond donors (Lipinski definition) is 2. The van der Waals surface area contributed by atoms with E-state index in [1.165, 1.54) is 19.3 Å². The van der Waals surface area contributed by atoms with Gasteiger partial charge in [0.15, 0.2) is 0 Å². The van der Waals surface area contributed by atoms with Gasteiger partial charge >= 0.3 is 0 Å². The zero-order chi connectivity index (χ0) is 11.7. The van der Waals surface area contributed by atoms with Crippen LogP contribution in [0, 0.1) is 0 Å². The molecule has 0 aromatic rings. The lowest BCUT2D eigenvalue weighted by atomic mass is 10.1. The first-order chi connectivity index (χ1) is 7.07. The van der Waals surface area contributed by atoms with E-state index in [1.807, 2.05) is 6.92 Å². The Morgan fingerprint density at radius 1 is 1.20 bits per heavy atom. The average molecular weight is 223 g/mol. The number of rotatable bonds is 9. The Labute approximate surface area is 91.1 Å². The van der Waals surface area contributed by atoms with Crippen molar-refractivity contribution in [3.8, 4) is 0 Å². The Kier molecular flexibility index (Phi) is 8.91. The summed E-state index contributed by atoms with van der Waals surface area (Å²) in [6.07, 6.45) is 1.54. The highest BCUT2D eigenvalue weighted by molar-refractivity contribution is 4.66. The summed E-state index contributed by atoms with van der Waals surface area (Å²) < 4.78 is 23.9. The van der Waals surface area contributed by atoms with Crippen LogP contribution in [0.25, 0.3) is 0 Å². The molecule has 0 aliphatic rings. The maximum absolute atomic E-state index is 11.9. The highest BCUT2D eigenvalue weighted by atomic mass is 19.3. The van der Waals surface area contributed by atoms with Crippen molar-refractivity contribution < 1.29 is 13.9 Å². The van der Waals surface area contributed by atoms with Gasteiger partial charge in [0.2, 0.25) is 0 Å². The van der Waals surface area contributed by atoms with Crippen LogP contribution < -0.4 is 5.32 Å². The van der Waals surface area contributed by atoms with Gasteiger partial charge in [0.1, 0.15) is 6.10 Å². The van der Waals surface area contributed by atoms with Crippen LogP contribution in [-0.4, -0.2) is 30.2 Å². The number of alkyl halides is 2. The van der Waals surface area contributed by atoms with Crippen LogP contribution in [0.5, 0.6) is 0 Å². The molecule has 15 heavy (non-hydrogen) atoms. The molecule has 0 aliphatic carbocycles. The average Bonchev–Trinajstić information content (AvgIpc) is 2.20. The number of nitrogens with one attached hydrogen (secondary N) is 1. The summed E-state index contributed by atoms with van der Waals surface area (Å²) >= 11 is 0. The zero-order valence-corrected chi connectivity index (χ0v) is 9.68. The SMILES string of the molecule is CCCCCCC(C)NCC(O)C(F)F. The molecule has 0 aliphatic heterocycles. The topological polar surface area (TPSA) is 32.3 Å². The van der Waals surface area contributed by atoms with E-state index in [0.717, 1.165) is 12.8 Å². The van der Waals surface area contributed by atoms with Crippen LogP contribution in [0.15, 0.2) is 0 Å². The molecule has 0 rings (SSSR count). The van der Waals surface area contributed by atoms with Crippen molar-refractivity contribution in [2.75, 3.05) is 6.54 Å². The number of aliphatic hydroxyl groups excluding tert-OH is 1. The lowest BCUT2D eigenvalue weighted by Gasteiger charge is -2.16. The van der Waals surface area contributed by atoms with E-state index in [-0.39, 0.29) is 12.6 Å². The highest BCUT2D eigenvalue weighted by Gasteiger charge is 2.16. The maximum atomic E-state index is 11.9. The summed E-state index contributed by atoms with van der Waals surface area (Å²) in [5, 5.41) is 11.8. The Morgan fingerprint density at radius 2 is 1.87 bits per heavy atom. The van der Waals surface area contributed by atoms with Crippen LogP contribution in [0.3, 0.4) is 0 Å². The van der Waals surface area contributed by atoms with Gasteiger partial charge in [0, 0.05) is 12.6 Å². The van der Waals surface area contributed by atoms with Crippen molar-refractivity contribution >= 4 is 0 Å². The van der Waals surface area contributed by atoms with E-state index in [1.54, 1.807) is 0 Å². The smallest absolute Gasteiger partial charge is 0.265 e. The third kappa shape index (κ3) is 8.75. The molecule has 2 atom stereocenters. The fourth-order valence-corrected chi connectivity index (χ4v) is 1.39. The fourth-order valence-electron chi connectivity index (χ4n) is 1.39. The number of aliphatic hydroxyl groups is 1. The Morgan fingerprint density at radius 3 is 2.40 bits per heavy atom. The van der Waals surface area contributed by atoms with E-state index >= 15 is 0 Å². The number of halogens is 2. The minimum absolute atomic E-state index is 0.0212. The quantitative estimate of drug-likeness (QED) is 0.589. The number of unbranched alkanes of at least 4 members (excludes halogenated alkanes) is 3. The first kappa shape index (κ1) is 14.8. The maximum Gasteiger partial charge on any atom is 0.265 e. The second-order valence-electron chi connectivity index (χ2n) is 4.06. The summed E-state index contributed by atoms with van der Waals surface area (Å²) in [5.41, 5.74) is 0. The molecule has 0 bridgehead atoms. The van der Waals surface area contributed by atoms with E-state index < -0.39 is 12.5 Å². The minimum atomic E-state index is -2.65. The van der Waals surface area contributed by atoms with Gasteiger partial charge in [-0.25, -0.2) is 8.78 Å². The third-order valence-corrected chi connectivity index (χ3v) is 2.46. The summed E-state index contributed by atoms with van der Waals surface area (Å²) in [6, 6.07) is 0.204. The molecule has 0 saturated heterocycles. The molecule has 2 unspecified atom stereocenters. The molecule has 4 heteroatoms. The zero-order valence-electron chi connectivity index (χ0n) is 9.68. The summed E-state index contributed by atoms with van der Waals surface area (Å²) in [5.74, 6) is 0. The van der Waals surface area contributed by atoms with Crippen LogP contribution >= 0.6 is 0 Å². The molecule has 0 aromatic carbocycles. The summed E-state index contributed by atoms with van der Waals surface area (Å²) in [4.78, 5) is 0. The van der Waals surface area contributed by atoms with E-state index in [2.05, 4.69) is 12.2 Å². The minimum Gasteiger partial charge on any atom is -0.386 e. The Balaban J connectivity index is 3.36. The van der Waals surface area contributed by atoms with Gasteiger partial charge in [-0.1, -0.05) is 32.6 Å². The van der Waals surface area contributed by atoms with Gasteiger partial charge < -0.3 is 10.4 Å². The van der Waals surface area contributed by atoms with Crippen molar-refractivity contribution in [1.29, 1.82) is 0 Å². The third-order valence-electron chi connectivity index (χ3n) is 2.46. The molecule has 0 spiro atoms. The normalized spacial score (nSPS) is 15.6. The lowest BCUT2D eigenvalue weighted by Crippen LogP contribution is -2.37. The van der Waals surface area contributed by atoms with E-state index in [4.69, 9.17) is 5.11 Å². The van der Waals surface area contributed by atoms with Crippen molar-refractivity contribution in [3.63, 3.8) is 0 Å². The second kappa shape index (κ2) is 9.04. The van der Waals surface area contributed by atoms with Gasteiger partial charge in [-0.3, -0.25) is 0 Å². The van der Waals surface area contributed by atoms with Crippen molar-refractivity contribution in [3.05, 3.63) is 0 Å². The molecule has 0 fully saturated rings.